The fourth-order valence-electron chi connectivity index (χ4n) is 3.98. The van der Waals surface area contributed by atoms with Gasteiger partial charge in [-0.15, -0.1) is 0 Å². The SMILES string of the molecule is CNc1cccc(NC(=O)CN2CC[C@H]3CCCC[C@@H]3C2)c1. The van der Waals surface area contributed by atoms with Crippen molar-refractivity contribution in [3.05, 3.63) is 24.3 Å². The molecule has 3 rings (SSSR count). The highest BCUT2D eigenvalue weighted by molar-refractivity contribution is 5.92. The molecule has 0 radical (unpaired) electrons. The van der Waals surface area contributed by atoms with Crippen LogP contribution in [0.2, 0.25) is 0 Å². The van der Waals surface area contributed by atoms with Gasteiger partial charge < -0.3 is 10.6 Å². The summed E-state index contributed by atoms with van der Waals surface area (Å²) < 4.78 is 0. The summed E-state index contributed by atoms with van der Waals surface area (Å²) in [5.74, 6) is 1.84. The van der Waals surface area contributed by atoms with Crippen molar-refractivity contribution < 1.29 is 4.79 Å². The summed E-state index contributed by atoms with van der Waals surface area (Å²) >= 11 is 0. The molecule has 0 aromatic heterocycles. The van der Waals surface area contributed by atoms with Crippen LogP contribution in [0.25, 0.3) is 0 Å². The van der Waals surface area contributed by atoms with Gasteiger partial charge in [-0.25, -0.2) is 0 Å². The molecular formula is C18H27N3O. The molecule has 2 aliphatic rings. The van der Waals surface area contributed by atoms with Gasteiger partial charge in [0.1, 0.15) is 0 Å². The average Bonchev–Trinajstić information content (AvgIpc) is 2.55. The zero-order valence-electron chi connectivity index (χ0n) is 13.5. The Hall–Kier alpha value is -1.55. The Kier molecular flexibility index (Phi) is 4.98. The van der Waals surface area contributed by atoms with Crippen LogP contribution < -0.4 is 10.6 Å². The zero-order valence-corrected chi connectivity index (χ0v) is 13.5. The van der Waals surface area contributed by atoms with Crippen LogP contribution in [-0.2, 0) is 4.79 Å². The van der Waals surface area contributed by atoms with Gasteiger partial charge in [-0.2, -0.15) is 0 Å². The smallest absolute Gasteiger partial charge is 0.238 e. The summed E-state index contributed by atoms with van der Waals surface area (Å²) in [6, 6.07) is 7.84. The first-order chi connectivity index (χ1) is 10.7. The fraction of sp³-hybridized carbons (Fsp3) is 0.611. The third-order valence-corrected chi connectivity index (χ3v) is 5.18. The van der Waals surface area contributed by atoms with Gasteiger partial charge in [0, 0.05) is 25.0 Å². The predicted octanol–water partition coefficient (Wildman–Crippen LogP) is 3.18. The molecule has 1 amide bonds. The molecule has 1 aliphatic heterocycles. The van der Waals surface area contributed by atoms with Crippen molar-refractivity contribution in [3.63, 3.8) is 0 Å². The minimum atomic E-state index is 0.0995. The molecule has 4 heteroatoms. The number of carbonyl (C=O) groups excluding carboxylic acids is 1. The first-order valence-corrected chi connectivity index (χ1v) is 8.54. The van der Waals surface area contributed by atoms with Gasteiger partial charge in [0.2, 0.25) is 5.91 Å². The molecule has 2 N–H and O–H groups in total. The second-order valence-corrected chi connectivity index (χ2v) is 6.71. The van der Waals surface area contributed by atoms with E-state index in [1.54, 1.807) is 0 Å². The van der Waals surface area contributed by atoms with Crippen molar-refractivity contribution in [2.75, 3.05) is 37.3 Å². The number of rotatable bonds is 4. The lowest BCUT2D eigenvalue weighted by Gasteiger charge is -2.41. The highest BCUT2D eigenvalue weighted by atomic mass is 16.2. The molecule has 1 aromatic carbocycles. The number of anilines is 2. The van der Waals surface area contributed by atoms with Crippen molar-refractivity contribution in [1.29, 1.82) is 0 Å². The van der Waals surface area contributed by atoms with E-state index in [0.717, 1.165) is 36.3 Å². The molecule has 1 heterocycles. The third-order valence-electron chi connectivity index (χ3n) is 5.18. The Labute approximate surface area is 133 Å². The van der Waals surface area contributed by atoms with E-state index >= 15 is 0 Å². The highest BCUT2D eigenvalue weighted by Gasteiger charge is 2.31. The number of hydrogen-bond donors (Lipinski definition) is 2. The Morgan fingerprint density at radius 1 is 1.18 bits per heavy atom. The van der Waals surface area contributed by atoms with E-state index in [-0.39, 0.29) is 5.91 Å². The molecule has 2 fully saturated rings. The van der Waals surface area contributed by atoms with Gasteiger partial charge in [-0.3, -0.25) is 9.69 Å². The number of likely N-dealkylation sites (tertiary alicyclic amines) is 1. The van der Waals surface area contributed by atoms with Crippen LogP contribution >= 0.6 is 0 Å². The molecule has 0 unspecified atom stereocenters. The zero-order chi connectivity index (χ0) is 15.4. The molecule has 22 heavy (non-hydrogen) atoms. The molecule has 120 valence electrons. The van der Waals surface area contributed by atoms with E-state index in [0.29, 0.717) is 6.54 Å². The van der Waals surface area contributed by atoms with Crippen LogP contribution in [0, 0.1) is 11.8 Å². The Balaban J connectivity index is 1.51. The molecular weight excluding hydrogens is 274 g/mol. The summed E-state index contributed by atoms with van der Waals surface area (Å²) in [5, 5.41) is 6.11. The number of carbonyl (C=O) groups is 1. The van der Waals surface area contributed by atoms with Crippen molar-refractivity contribution in [3.8, 4) is 0 Å². The average molecular weight is 301 g/mol. The summed E-state index contributed by atoms with van der Waals surface area (Å²) in [6.07, 6.45) is 6.81. The van der Waals surface area contributed by atoms with Crippen LogP contribution in [0.15, 0.2) is 24.3 Å². The predicted molar refractivity (Wildman–Crippen MR) is 91.1 cm³/mol. The van der Waals surface area contributed by atoms with E-state index in [4.69, 9.17) is 0 Å². The lowest BCUT2D eigenvalue weighted by Crippen LogP contribution is -2.44. The molecule has 2 atom stereocenters. The number of hydrogen-bond acceptors (Lipinski definition) is 3. The number of benzene rings is 1. The molecule has 1 saturated carbocycles. The number of fused-ring (bicyclic) bond motifs is 1. The Bertz CT molecular complexity index is 517. The number of piperidine rings is 1. The van der Waals surface area contributed by atoms with E-state index in [1.165, 1.54) is 32.1 Å². The first-order valence-electron chi connectivity index (χ1n) is 8.54. The van der Waals surface area contributed by atoms with Gasteiger partial charge in [0.05, 0.1) is 6.54 Å². The molecule has 1 aliphatic carbocycles. The largest absolute Gasteiger partial charge is 0.388 e. The van der Waals surface area contributed by atoms with Crippen LogP contribution in [0.1, 0.15) is 32.1 Å². The first kappa shape index (κ1) is 15.3. The summed E-state index contributed by atoms with van der Waals surface area (Å²) in [5.41, 5.74) is 1.88. The third kappa shape index (κ3) is 3.80. The van der Waals surface area contributed by atoms with Crippen LogP contribution in [0.3, 0.4) is 0 Å². The van der Waals surface area contributed by atoms with Crippen molar-refractivity contribution in [1.82, 2.24) is 4.90 Å². The van der Waals surface area contributed by atoms with Gasteiger partial charge in [-0.1, -0.05) is 25.3 Å². The molecule has 1 saturated heterocycles. The van der Waals surface area contributed by atoms with Gasteiger partial charge in [0.15, 0.2) is 0 Å². The number of nitrogens with one attached hydrogen (secondary N) is 2. The van der Waals surface area contributed by atoms with Gasteiger partial charge in [0.25, 0.3) is 0 Å². The van der Waals surface area contributed by atoms with Crippen molar-refractivity contribution in [2.45, 2.75) is 32.1 Å². The lowest BCUT2D eigenvalue weighted by molar-refractivity contribution is -0.118. The number of nitrogens with zero attached hydrogens (tertiary/aromatic N) is 1. The van der Waals surface area contributed by atoms with Crippen LogP contribution in [0.4, 0.5) is 11.4 Å². The van der Waals surface area contributed by atoms with E-state index in [9.17, 15) is 4.79 Å². The summed E-state index contributed by atoms with van der Waals surface area (Å²) in [4.78, 5) is 14.6. The number of amides is 1. The van der Waals surface area contributed by atoms with Gasteiger partial charge >= 0.3 is 0 Å². The molecule has 4 nitrogen and oxygen atoms in total. The Morgan fingerprint density at radius 2 is 1.95 bits per heavy atom. The second-order valence-electron chi connectivity index (χ2n) is 6.71. The maximum Gasteiger partial charge on any atom is 0.238 e. The van der Waals surface area contributed by atoms with E-state index < -0.39 is 0 Å². The standard InChI is InChI=1S/C18H27N3O/c1-19-16-7-4-8-17(11-16)20-18(22)13-21-10-9-14-5-2-3-6-15(14)12-21/h4,7-8,11,14-15,19H,2-3,5-6,9-10,12-13H2,1H3,(H,20,22)/t14-,15-/m1/s1. The summed E-state index contributed by atoms with van der Waals surface area (Å²) in [6.45, 7) is 2.70. The lowest BCUT2D eigenvalue weighted by atomic mass is 9.75. The van der Waals surface area contributed by atoms with Crippen LogP contribution in [-0.4, -0.2) is 37.5 Å². The highest BCUT2D eigenvalue weighted by Crippen LogP contribution is 2.35. The molecule has 0 spiro atoms. The van der Waals surface area contributed by atoms with Crippen LogP contribution in [0.5, 0.6) is 0 Å². The van der Waals surface area contributed by atoms with E-state index in [1.807, 2.05) is 31.3 Å². The fourth-order valence-corrected chi connectivity index (χ4v) is 3.98. The Morgan fingerprint density at radius 3 is 2.77 bits per heavy atom. The quantitative estimate of drug-likeness (QED) is 0.898. The molecule has 1 aromatic rings. The monoisotopic (exact) mass is 301 g/mol. The minimum absolute atomic E-state index is 0.0995. The normalized spacial score (nSPS) is 25.3. The van der Waals surface area contributed by atoms with Crippen molar-refractivity contribution in [2.24, 2.45) is 11.8 Å². The summed E-state index contributed by atoms with van der Waals surface area (Å²) in [7, 11) is 1.88. The van der Waals surface area contributed by atoms with E-state index in [2.05, 4.69) is 15.5 Å². The molecule has 0 bridgehead atoms. The second kappa shape index (κ2) is 7.14. The maximum atomic E-state index is 12.3. The minimum Gasteiger partial charge on any atom is -0.388 e. The topological polar surface area (TPSA) is 44.4 Å². The van der Waals surface area contributed by atoms with Crippen molar-refractivity contribution >= 4 is 17.3 Å². The maximum absolute atomic E-state index is 12.3. The van der Waals surface area contributed by atoms with Gasteiger partial charge in [-0.05, 0) is 49.4 Å².